The van der Waals surface area contributed by atoms with E-state index in [1.54, 1.807) is 18.2 Å². The van der Waals surface area contributed by atoms with Crippen molar-refractivity contribution in [3.63, 3.8) is 0 Å². The molecule has 1 aliphatic rings. The first-order chi connectivity index (χ1) is 10.6. The molecule has 1 aromatic carbocycles. The van der Waals surface area contributed by atoms with Crippen LogP contribution in [0.15, 0.2) is 24.3 Å². The minimum Gasteiger partial charge on any atom is -0.392 e. The number of aliphatic hydroxyl groups excluding tert-OH is 1. The van der Waals surface area contributed by atoms with Crippen LogP contribution in [0.4, 0.5) is 4.39 Å². The van der Waals surface area contributed by atoms with Gasteiger partial charge >= 0.3 is 0 Å². The Morgan fingerprint density at radius 1 is 1.27 bits per heavy atom. The lowest BCUT2D eigenvalue weighted by Gasteiger charge is -2.35. The summed E-state index contributed by atoms with van der Waals surface area (Å²) < 4.78 is 13.5. The van der Waals surface area contributed by atoms with Gasteiger partial charge in [0.05, 0.1) is 6.10 Å². The van der Waals surface area contributed by atoms with E-state index in [0.717, 1.165) is 19.5 Å². The zero-order valence-corrected chi connectivity index (χ0v) is 13.2. The molecule has 1 N–H and O–H groups in total. The van der Waals surface area contributed by atoms with Crippen LogP contribution in [0.3, 0.4) is 0 Å². The molecule has 1 aliphatic heterocycles. The van der Waals surface area contributed by atoms with E-state index >= 15 is 0 Å². The maximum atomic E-state index is 13.5. The Balaban J connectivity index is 1.74. The van der Waals surface area contributed by atoms with Gasteiger partial charge in [-0.3, -0.25) is 9.69 Å². The van der Waals surface area contributed by atoms with Crippen molar-refractivity contribution in [3.05, 3.63) is 35.6 Å². The van der Waals surface area contributed by atoms with Gasteiger partial charge < -0.3 is 10.0 Å². The lowest BCUT2D eigenvalue weighted by atomic mass is 10.1. The average Bonchev–Trinajstić information content (AvgIpc) is 2.54. The number of amides is 1. The molecule has 2 rings (SSSR count). The zero-order valence-electron chi connectivity index (χ0n) is 13.2. The van der Waals surface area contributed by atoms with Crippen LogP contribution < -0.4 is 0 Å². The number of benzene rings is 1. The van der Waals surface area contributed by atoms with Crippen LogP contribution in [-0.2, 0) is 11.2 Å². The van der Waals surface area contributed by atoms with Crippen molar-refractivity contribution < 1.29 is 14.3 Å². The van der Waals surface area contributed by atoms with Gasteiger partial charge in [0.15, 0.2) is 0 Å². The summed E-state index contributed by atoms with van der Waals surface area (Å²) in [5.41, 5.74) is 0.598. The molecular weight excluding hydrogens is 283 g/mol. The number of aryl methyl sites for hydroxylation is 1. The Labute approximate surface area is 131 Å². The van der Waals surface area contributed by atoms with Crippen molar-refractivity contribution in [2.45, 2.75) is 32.3 Å². The fourth-order valence-electron chi connectivity index (χ4n) is 2.71. The van der Waals surface area contributed by atoms with Crippen LogP contribution in [0.25, 0.3) is 0 Å². The fraction of sp³-hybridized carbons (Fsp3) is 0.588. The maximum absolute atomic E-state index is 13.5. The number of nitrogens with zero attached hydrogens (tertiary/aromatic N) is 2. The Morgan fingerprint density at radius 2 is 1.95 bits per heavy atom. The highest BCUT2D eigenvalue weighted by atomic mass is 19.1. The number of piperazine rings is 1. The third-order valence-corrected chi connectivity index (χ3v) is 4.23. The van der Waals surface area contributed by atoms with Crippen molar-refractivity contribution in [2.75, 3.05) is 32.7 Å². The van der Waals surface area contributed by atoms with E-state index < -0.39 is 0 Å². The quantitative estimate of drug-likeness (QED) is 0.869. The number of hydrogen-bond donors (Lipinski definition) is 1. The molecular formula is C17H25FN2O2. The normalized spacial score (nSPS) is 17.5. The number of carbonyl (C=O) groups is 1. The van der Waals surface area contributed by atoms with E-state index in [9.17, 15) is 14.3 Å². The summed E-state index contributed by atoms with van der Waals surface area (Å²) in [5.74, 6) is -0.160. The molecule has 5 heteroatoms. The minimum absolute atomic E-state index is 0.0824. The molecule has 1 fully saturated rings. The number of carbonyl (C=O) groups excluding carboxylic acids is 1. The molecule has 1 aromatic rings. The highest BCUT2D eigenvalue weighted by Crippen LogP contribution is 2.11. The predicted molar refractivity (Wildman–Crippen MR) is 84.0 cm³/mol. The van der Waals surface area contributed by atoms with Gasteiger partial charge in [0, 0.05) is 39.1 Å². The first kappa shape index (κ1) is 16.9. The first-order valence-corrected chi connectivity index (χ1v) is 8.01. The highest BCUT2D eigenvalue weighted by molar-refractivity contribution is 5.76. The van der Waals surface area contributed by atoms with Crippen LogP contribution in [0, 0.1) is 5.82 Å². The second-order valence-electron chi connectivity index (χ2n) is 5.83. The van der Waals surface area contributed by atoms with E-state index in [1.807, 2.05) is 11.8 Å². The van der Waals surface area contributed by atoms with Crippen molar-refractivity contribution in [1.29, 1.82) is 0 Å². The molecule has 0 radical (unpaired) electrons. The van der Waals surface area contributed by atoms with Gasteiger partial charge in [0.2, 0.25) is 5.91 Å². The smallest absolute Gasteiger partial charge is 0.222 e. The lowest BCUT2D eigenvalue weighted by Crippen LogP contribution is -2.50. The Kier molecular flexibility index (Phi) is 6.34. The third-order valence-electron chi connectivity index (χ3n) is 4.23. The van der Waals surface area contributed by atoms with Crippen molar-refractivity contribution in [2.24, 2.45) is 0 Å². The van der Waals surface area contributed by atoms with Gasteiger partial charge in [-0.05, 0) is 24.5 Å². The number of hydrogen-bond acceptors (Lipinski definition) is 3. The second kappa shape index (κ2) is 8.25. The van der Waals surface area contributed by atoms with Crippen molar-refractivity contribution in [1.82, 2.24) is 9.80 Å². The van der Waals surface area contributed by atoms with Gasteiger partial charge in [0.25, 0.3) is 0 Å². The number of aliphatic hydroxyl groups is 1. The molecule has 0 spiro atoms. The molecule has 1 saturated heterocycles. The summed E-state index contributed by atoms with van der Waals surface area (Å²) >= 11 is 0. The van der Waals surface area contributed by atoms with Crippen LogP contribution in [0.1, 0.15) is 25.3 Å². The molecule has 0 aromatic heterocycles. The van der Waals surface area contributed by atoms with Crippen molar-refractivity contribution in [3.8, 4) is 0 Å². The minimum atomic E-state index is -0.289. The highest BCUT2D eigenvalue weighted by Gasteiger charge is 2.22. The molecule has 0 aliphatic carbocycles. The Bertz CT molecular complexity index is 487. The number of β-amino-alcohol motifs (C(OH)–C–C–N with tert-alkyl or cyclic N) is 1. The van der Waals surface area contributed by atoms with Gasteiger partial charge in [-0.25, -0.2) is 4.39 Å². The molecule has 1 heterocycles. The summed E-state index contributed by atoms with van der Waals surface area (Å²) in [6.45, 7) is 5.60. The molecule has 122 valence electrons. The van der Waals surface area contributed by atoms with Gasteiger partial charge in [-0.2, -0.15) is 0 Å². The van der Waals surface area contributed by atoms with Crippen molar-refractivity contribution >= 4 is 5.91 Å². The Hall–Kier alpha value is -1.46. The molecule has 0 bridgehead atoms. The van der Waals surface area contributed by atoms with Gasteiger partial charge in [-0.1, -0.05) is 25.1 Å². The molecule has 4 nitrogen and oxygen atoms in total. The third kappa shape index (κ3) is 4.78. The van der Waals surface area contributed by atoms with E-state index in [0.29, 0.717) is 38.0 Å². The molecule has 1 atom stereocenters. The topological polar surface area (TPSA) is 43.8 Å². The number of rotatable bonds is 6. The van der Waals surface area contributed by atoms with E-state index in [1.165, 1.54) is 6.07 Å². The largest absolute Gasteiger partial charge is 0.392 e. The molecule has 0 saturated carbocycles. The zero-order chi connectivity index (χ0) is 15.9. The van der Waals surface area contributed by atoms with Crippen LogP contribution in [0.2, 0.25) is 0 Å². The molecule has 22 heavy (non-hydrogen) atoms. The SMILES string of the molecule is CC[C@H](O)CN1CCN(C(=O)CCc2ccccc2F)CC1. The monoisotopic (exact) mass is 308 g/mol. The van der Waals surface area contributed by atoms with Gasteiger partial charge in [-0.15, -0.1) is 0 Å². The summed E-state index contributed by atoms with van der Waals surface area (Å²) in [5, 5.41) is 9.66. The average molecular weight is 308 g/mol. The Morgan fingerprint density at radius 3 is 2.59 bits per heavy atom. The van der Waals surface area contributed by atoms with Crippen LogP contribution in [0.5, 0.6) is 0 Å². The fourth-order valence-corrected chi connectivity index (χ4v) is 2.71. The first-order valence-electron chi connectivity index (χ1n) is 8.01. The molecule has 0 unspecified atom stereocenters. The summed E-state index contributed by atoms with van der Waals surface area (Å²) in [6, 6.07) is 6.61. The van der Waals surface area contributed by atoms with Crippen LogP contribution >= 0.6 is 0 Å². The second-order valence-corrected chi connectivity index (χ2v) is 5.83. The van der Waals surface area contributed by atoms with E-state index in [4.69, 9.17) is 0 Å². The standard InChI is InChI=1S/C17H25FN2O2/c1-2-15(21)13-19-9-11-20(12-10-19)17(22)8-7-14-5-3-4-6-16(14)18/h3-6,15,21H,2,7-13H2,1H3/t15-/m0/s1. The van der Waals surface area contributed by atoms with Gasteiger partial charge in [0.1, 0.15) is 5.82 Å². The van der Waals surface area contributed by atoms with E-state index in [-0.39, 0.29) is 17.8 Å². The van der Waals surface area contributed by atoms with Crippen LogP contribution in [-0.4, -0.2) is 59.6 Å². The summed E-state index contributed by atoms with van der Waals surface area (Å²) in [7, 11) is 0. The summed E-state index contributed by atoms with van der Waals surface area (Å²) in [6.07, 6.45) is 1.25. The summed E-state index contributed by atoms with van der Waals surface area (Å²) in [4.78, 5) is 16.2. The number of halogens is 1. The lowest BCUT2D eigenvalue weighted by molar-refractivity contribution is -0.133. The van der Waals surface area contributed by atoms with E-state index in [2.05, 4.69) is 4.90 Å². The molecule has 1 amide bonds. The maximum Gasteiger partial charge on any atom is 0.222 e. The predicted octanol–water partition coefficient (Wildman–Crippen LogP) is 1.67.